The van der Waals surface area contributed by atoms with Crippen molar-refractivity contribution in [2.24, 2.45) is 0 Å². The third-order valence-corrected chi connectivity index (χ3v) is 5.08. The second-order valence-corrected chi connectivity index (χ2v) is 10.3. The number of nitrogens with zero attached hydrogens (tertiary/aromatic N) is 2. The number of aromatic hydroxyl groups is 1. The van der Waals surface area contributed by atoms with Gasteiger partial charge in [-0.1, -0.05) is 54.9 Å². The third kappa shape index (κ3) is 7.85. The highest BCUT2D eigenvalue weighted by Gasteiger charge is 2.26. The summed E-state index contributed by atoms with van der Waals surface area (Å²) >= 11 is 0. The predicted octanol–water partition coefficient (Wildman–Crippen LogP) is 5.19. The first kappa shape index (κ1) is 25.2. The van der Waals surface area contributed by atoms with E-state index in [2.05, 4.69) is 53.4 Å². The molecule has 0 fully saturated rings. The highest BCUT2D eigenvalue weighted by atomic mass is 16.3. The molecule has 0 bridgehead atoms. The summed E-state index contributed by atoms with van der Waals surface area (Å²) < 4.78 is 0. The van der Waals surface area contributed by atoms with Crippen molar-refractivity contribution in [2.75, 3.05) is 33.7 Å². The molecule has 0 aliphatic rings. The lowest BCUT2D eigenvalue weighted by Crippen LogP contribution is -2.36. The number of likely N-dealkylation sites (N-methyl/N-ethyl adjacent to an activating group) is 1. The van der Waals surface area contributed by atoms with Gasteiger partial charge in [0.15, 0.2) is 0 Å². The summed E-state index contributed by atoms with van der Waals surface area (Å²) in [6, 6.07) is 4.01. The molecule has 0 saturated heterocycles. The fourth-order valence-electron chi connectivity index (χ4n) is 3.17. The van der Waals surface area contributed by atoms with E-state index in [-0.39, 0.29) is 16.7 Å². The van der Waals surface area contributed by atoms with Crippen LogP contribution in [0.25, 0.3) is 6.08 Å². The summed E-state index contributed by atoms with van der Waals surface area (Å²) in [7, 11) is 4.05. The molecular weight excluding hydrogens is 360 g/mol. The van der Waals surface area contributed by atoms with Crippen LogP contribution in [0.5, 0.6) is 5.75 Å². The molecular formula is C25H42N2O2. The van der Waals surface area contributed by atoms with Gasteiger partial charge in [0.25, 0.3) is 0 Å². The average molecular weight is 403 g/mol. The molecule has 1 N–H and O–H groups in total. The Morgan fingerprint density at radius 2 is 1.48 bits per heavy atom. The molecule has 0 radical (unpaired) electrons. The first-order valence-corrected chi connectivity index (χ1v) is 10.8. The molecule has 0 heterocycles. The molecule has 4 nitrogen and oxygen atoms in total. The van der Waals surface area contributed by atoms with Crippen LogP contribution in [0.3, 0.4) is 0 Å². The SMILES string of the molecule is CCCCN(CCN(C)C)C(=O)/C=C/c1cc(C(C)(C)C)c(O)c(C(C)(C)C)c1. The number of carbonyl (C=O) groups excluding carboxylic acids is 1. The Morgan fingerprint density at radius 1 is 0.966 bits per heavy atom. The van der Waals surface area contributed by atoms with Gasteiger partial charge in [0.2, 0.25) is 5.91 Å². The van der Waals surface area contributed by atoms with Gasteiger partial charge in [-0.05, 0) is 55.1 Å². The molecule has 0 unspecified atom stereocenters. The van der Waals surface area contributed by atoms with Crippen molar-refractivity contribution in [3.05, 3.63) is 34.9 Å². The van der Waals surface area contributed by atoms with Gasteiger partial charge >= 0.3 is 0 Å². The van der Waals surface area contributed by atoms with E-state index in [4.69, 9.17) is 0 Å². The number of unbranched alkanes of at least 4 members (excludes halogenated alkanes) is 1. The molecule has 0 atom stereocenters. The Kier molecular flexibility index (Phi) is 8.95. The summed E-state index contributed by atoms with van der Waals surface area (Å²) in [5.41, 5.74) is 2.40. The largest absolute Gasteiger partial charge is 0.507 e. The van der Waals surface area contributed by atoms with Crippen LogP contribution in [0, 0.1) is 0 Å². The maximum Gasteiger partial charge on any atom is 0.246 e. The van der Waals surface area contributed by atoms with Gasteiger partial charge in [0.1, 0.15) is 5.75 Å². The van der Waals surface area contributed by atoms with Gasteiger partial charge in [-0.2, -0.15) is 0 Å². The highest BCUT2D eigenvalue weighted by Crippen LogP contribution is 2.40. The van der Waals surface area contributed by atoms with E-state index in [0.29, 0.717) is 5.75 Å². The summed E-state index contributed by atoms with van der Waals surface area (Å²) in [6.07, 6.45) is 5.64. The summed E-state index contributed by atoms with van der Waals surface area (Å²) in [6.45, 7) is 17.1. The molecule has 0 aliphatic heterocycles. The smallest absolute Gasteiger partial charge is 0.246 e. The van der Waals surface area contributed by atoms with Crippen LogP contribution in [0.2, 0.25) is 0 Å². The van der Waals surface area contributed by atoms with Gasteiger partial charge in [-0.25, -0.2) is 0 Å². The number of hydrogen-bond acceptors (Lipinski definition) is 3. The molecule has 0 aliphatic carbocycles. The van der Waals surface area contributed by atoms with Crippen LogP contribution in [-0.4, -0.2) is 54.5 Å². The topological polar surface area (TPSA) is 43.8 Å². The van der Waals surface area contributed by atoms with E-state index in [1.54, 1.807) is 6.08 Å². The van der Waals surface area contributed by atoms with E-state index in [9.17, 15) is 9.90 Å². The first-order chi connectivity index (χ1) is 13.3. The number of rotatable bonds is 8. The molecule has 1 aromatic carbocycles. The van der Waals surface area contributed by atoms with Crippen LogP contribution in [-0.2, 0) is 15.6 Å². The lowest BCUT2D eigenvalue weighted by molar-refractivity contribution is -0.126. The van der Waals surface area contributed by atoms with Crippen molar-refractivity contribution in [3.8, 4) is 5.75 Å². The van der Waals surface area contributed by atoms with Gasteiger partial charge in [-0.3, -0.25) is 4.79 Å². The van der Waals surface area contributed by atoms with Gasteiger partial charge in [-0.15, -0.1) is 0 Å². The Balaban J connectivity index is 3.22. The fraction of sp³-hybridized carbons (Fsp3) is 0.640. The molecule has 1 amide bonds. The van der Waals surface area contributed by atoms with E-state index < -0.39 is 0 Å². The second kappa shape index (κ2) is 10.3. The number of hydrogen-bond donors (Lipinski definition) is 1. The summed E-state index contributed by atoms with van der Waals surface area (Å²) in [5.74, 6) is 0.409. The molecule has 1 aromatic rings. The van der Waals surface area contributed by atoms with Crippen LogP contribution < -0.4 is 0 Å². The number of amides is 1. The van der Waals surface area contributed by atoms with Crippen molar-refractivity contribution in [1.82, 2.24) is 9.80 Å². The minimum absolute atomic E-state index is 0.0444. The fourth-order valence-corrected chi connectivity index (χ4v) is 3.17. The molecule has 0 saturated carbocycles. The second-order valence-electron chi connectivity index (χ2n) is 10.3. The number of phenolic OH excluding ortho intramolecular Hbond substituents is 1. The van der Waals surface area contributed by atoms with E-state index in [1.165, 1.54) is 0 Å². The Bertz CT molecular complexity index is 672. The minimum atomic E-state index is -0.184. The van der Waals surface area contributed by atoms with Crippen molar-refractivity contribution < 1.29 is 9.90 Å². The maximum absolute atomic E-state index is 12.8. The first-order valence-electron chi connectivity index (χ1n) is 10.8. The monoisotopic (exact) mass is 402 g/mol. The zero-order valence-corrected chi connectivity index (χ0v) is 20.1. The normalized spacial score (nSPS) is 12.8. The van der Waals surface area contributed by atoms with E-state index >= 15 is 0 Å². The molecule has 0 aromatic heterocycles. The van der Waals surface area contributed by atoms with Crippen molar-refractivity contribution in [2.45, 2.75) is 72.1 Å². The molecule has 164 valence electrons. The molecule has 29 heavy (non-hydrogen) atoms. The van der Waals surface area contributed by atoms with E-state index in [0.717, 1.165) is 49.2 Å². The predicted molar refractivity (Wildman–Crippen MR) is 125 cm³/mol. The quantitative estimate of drug-likeness (QED) is 0.609. The Morgan fingerprint density at radius 3 is 1.90 bits per heavy atom. The Hall–Kier alpha value is -1.81. The zero-order chi connectivity index (χ0) is 22.4. The Labute approximate surface area is 178 Å². The van der Waals surface area contributed by atoms with Crippen molar-refractivity contribution in [3.63, 3.8) is 0 Å². The minimum Gasteiger partial charge on any atom is -0.507 e. The van der Waals surface area contributed by atoms with E-state index in [1.807, 2.05) is 37.2 Å². The van der Waals surface area contributed by atoms with Crippen LogP contribution >= 0.6 is 0 Å². The van der Waals surface area contributed by atoms with Crippen LogP contribution in [0.1, 0.15) is 78.0 Å². The highest BCUT2D eigenvalue weighted by molar-refractivity contribution is 5.92. The molecule has 4 heteroatoms. The van der Waals surface area contributed by atoms with Gasteiger partial charge in [0.05, 0.1) is 0 Å². The maximum atomic E-state index is 12.8. The number of carbonyl (C=O) groups is 1. The van der Waals surface area contributed by atoms with Crippen LogP contribution in [0.4, 0.5) is 0 Å². The standard InChI is InChI=1S/C25H42N2O2/c1-10-11-14-27(16-15-26(8)9)22(28)13-12-19-17-20(24(2,3)4)23(29)21(18-19)25(5,6)7/h12-13,17-18,29H,10-11,14-16H2,1-9H3/b13-12+. The van der Waals surface area contributed by atoms with Gasteiger partial charge in [0, 0.05) is 36.8 Å². The lowest BCUT2D eigenvalue weighted by atomic mass is 9.78. The number of benzene rings is 1. The summed E-state index contributed by atoms with van der Waals surface area (Å²) in [4.78, 5) is 16.9. The van der Waals surface area contributed by atoms with Crippen molar-refractivity contribution in [1.29, 1.82) is 0 Å². The zero-order valence-electron chi connectivity index (χ0n) is 20.1. The molecule has 0 spiro atoms. The van der Waals surface area contributed by atoms with Gasteiger partial charge < -0.3 is 14.9 Å². The third-order valence-electron chi connectivity index (χ3n) is 5.08. The average Bonchev–Trinajstić information content (AvgIpc) is 2.58. The lowest BCUT2D eigenvalue weighted by Gasteiger charge is -2.28. The molecule has 1 rings (SSSR count). The summed E-state index contributed by atoms with van der Waals surface area (Å²) in [5, 5.41) is 10.9. The van der Waals surface area contributed by atoms with Crippen LogP contribution in [0.15, 0.2) is 18.2 Å². The number of phenols is 1. The van der Waals surface area contributed by atoms with Crippen molar-refractivity contribution >= 4 is 12.0 Å².